The first-order chi connectivity index (χ1) is 11.4. The van der Waals surface area contributed by atoms with Crippen LogP contribution in [-0.4, -0.2) is 24.0 Å². The summed E-state index contributed by atoms with van der Waals surface area (Å²) in [6.45, 7) is 7.86. The summed E-state index contributed by atoms with van der Waals surface area (Å²) in [4.78, 5) is 24.3. The smallest absolute Gasteiger partial charge is 0.311 e. The standard InChI is InChI=1S/C20H29NO3/c1-13-9-10-17(11-15(13)3)12-19(22)24-16(4)20(23)21-18-8-6-5-7-14(18)2/h9-11,14,16,18H,5-8,12H2,1-4H3,(H,21,23)/t14-,16-,18-/m1/s1. The number of esters is 1. The molecule has 4 heteroatoms. The Morgan fingerprint density at radius 2 is 1.92 bits per heavy atom. The third kappa shape index (κ3) is 5.08. The molecule has 0 radical (unpaired) electrons. The SMILES string of the molecule is Cc1ccc(CC(=O)O[C@H](C)C(=O)N[C@@H]2CCCC[C@H]2C)cc1C. The largest absolute Gasteiger partial charge is 0.452 e. The number of carbonyl (C=O) groups is 2. The number of hydrogen-bond donors (Lipinski definition) is 1. The number of amides is 1. The fourth-order valence-electron chi connectivity index (χ4n) is 3.20. The summed E-state index contributed by atoms with van der Waals surface area (Å²) in [5, 5.41) is 3.04. The van der Waals surface area contributed by atoms with E-state index in [-0.39, 0.29) is 24.3 Å². The van der Waals surface area contributed by atoms with Crippen LogP contribution in [0.3, 0.4) is 0 Å². The van der Waals surface area contributed by atoms with Gasteiger partial charge in [0.2, 0.25) is 0 Å². The Bertz CT molecular complexity index is 597. The van der Waals surface area contributed by atoms with E-state index in [1.165, 1.54) is 12.0 Å². The topological polar surface area (TPSA) is 55.4 Å². The summed E-state index contributed by atoms with van der Waals surface area (Å²) in [5.41, 5.74) is 3.26. The number of aryl methyl sites for hydroxylation is 2. The van der Waals surface area contributed by atoms with Gasteiger partial charge in [0.1, 0.15) is 0 Å². The molecule has 0 unspecified atom stereocenters. The van der Waals surface area contributed by atoms with Crippen LogP contribution < -0.4 is 5.32 Å². The van der Waals surface area contributed by atoms with Crippen molar-refractivity contribution < 1.29 is 14.3 Å². The van der Waals surface area contributed by atoms with E-state index in [9.17, 15) is 9.59 Å². The van der Waals surface area contributed by atoms with E-state index in [2.05, 4.69) is 12.2 Å². The molecule has 132 valence electrons. The highest BCUT2D eigenvalue weighted by atomic mass is 16.5. The Labute approximate surface area is 145 Å². The van der Waals surface area contributed by atoms with Crippen LogP contribution in [0.4, 0.5) is 0 Å². The van der Waals surface area contributed by atoms with Crippen molar-refractivity contribution in [2.75, 3.05) is 0 Å². The van der Waals surface area contributed by atoms with Gasteiger partial charge < -0.3 is 10.1 Å². The maximum atomic E-state index is 12.3. The summed E-state index contributed by atoms with van der Waals surface area (Å²) in [7, 11) is 0. The van der Waals surface area contributed by atoms with Crippen molar-refractivity contribution >= 4 is 11.9 Å². The van der Waals surface area contributed by atoms with Crippen molar-refractivity contribution in [2.24, 2.45) is 5.92 Å². The third-order valence-electron chi connectivity index (χ3n) is 5.04. The van der Waals surface area contributed by atoms with E-state index in [1.54, 1.807) is 6.92 Å². The molecule has 0 bridgehead atoms. The first-order valence-electron chi connectivity index (χ1n) is 8.93. The second-order valence-corrected chi connectivity index (χ2v) is 7.10. The molecule has 0 aliphatic heterocycles. The molecule has 1 fully saturated rings. The molecule has 1 aromatic rings. The quantitative estimate of drug-likeness (QED) is 0.841. The Hall–Kier alpha value is -1.84. The van der Waals surface area contributed by atoms with E-state index in [0.29, 0.717) is 5.92 Å². The van der Waals surface area contributed by atoms with Gasteiger partial charge >= 0.3 is 5.97 Å². The Kier molecular flexibility index (Phi) is 6.41. The Morgan fingerprint density at radius 1 is 1.21 bits per heavy atom. The molecular formula is C20H29NO3. The number of rotatable bonds is 5. The molecule has 0 heterocycles. The lowest BCUT2D eigenvalue weighted by atomic mass is 9.86. The fourth-order valence-corrected chi connectivity index (χ4v) is 3.20. The predicted molar refractivity (Wildman–Crippen MR) is 94.7 cm³/mol. The molecule has 2 rings (SSSR count). The molecule has 0 spiro atoms. The molecular weight excluding hydrogens is 302 g/mol. The van der Waals surface area contributed by atoms with Gasteiger partial charge in [-0.15, -0.1) is 0 Å². The highest BCUT2D eigenvalue weighted by Gasteiger charge is 2.26. The van der Waals surface area contributed by atoms with E-state index in [0.717, 1.165) is 30.4 Å². The van der Waals surface area contributed by atoms with Crippen molar-refractivity contribution in [1.29, 1.82) is 0 Å². The molecule has 1 saturated carbocycles. The maximum Gasteiger partial charge on any atom is 0.311 e. The van der Waals surface area contributed by atoms with Crippen LogP contribution in [0.25, 0.3) is 0 Å². The minimum atomic E-state index is -0.752. The first-order valence-corrected chi connectivity index (χ1v) is 8.93. The number of hydrogen-bond acceptors (Lipinski definition) is 3. The van der Waals surface area contributed by atoms with Crippen LogP contribution in [0.1, 0.15) is 56.2 Å². The summed E-state index contributed by atoms with van der Waals surface area (Å²) >= 11 is 0. The average Bonchev–Trinajstić information content (AvgIpc) is 2.53. The van der Waals surface area contributed by atoms with E-state index in [1.807, 2.05) is 32.0 Å². The minimum Gasteiger partial charge on any atom is -0.452 e. The molecule has 4 nitrogen and oxygen atoms in total. The summed E-state index contributed by atoms with van der Waals surface area (Å²) in [6.07, 6.45) is 3.98. The van der Waals surface area contributed by atoms with Crippen molar-refractivity contribution in [3.8, 4) is 0 Å². The van der Waals surface area contributed by atoms with Gasteiger partial charge in [0.05, 0.1) is 6.42 Å². The van der Waals surface area contributed by atoms with Crippen LogP contribution in [-0.2, 0) is 20.7 Å². The zero-order valence-electron chi connectivity index (χ0n) is 15.2. The molecule has 0 aromatic heterocycles. The monoisotopic (exact) mass is 331 g/mol. The average molecular weight is 331 g/mol. The van der Waals surface area contributed by atoms with Crippen molar-refractivity contribution in [3.63, 3.8) is 0 Å². The van der Waals surface area contributed by atoms with Gasteiger partial charge in [0.25, 0.3) is 5.91 Å². The van der Waals surface area contributed by atoms with Crippen LogP contribution >= 0.6 is 0 Å². The number of nitrogens with one attached hydrogen (secondary N) is 1. The van der Waals surface area contributed by atoms with Gasteiger partial charge in [-0.05, 0) is 56.2 Å². The number of benzene rings is 1. The minimum absolute atomic E-state index is 0.192. The second-order valence-electron chi connectivity index (χ2n) is 7.10. The summed E-state index contributed by atoms with van der Waals surface area (Å²) < 4.78 is 5.31. The summed E-state index contributed by atoms with van der Waals surface area (Å²) in [5.74, 6) is -0.0686. The molecule has 24 heavy (non-hydrogen) atoms. The fraction of sp³-hybridized carbons (Fsp3) is 0.600. The molecule has 1 aromatic carbocycles. The van der Waals surface area contributed by atoms with Crippen molar-refractivity contribution in [2.45, 2.75) is 71.9 Å². The van der Waals surface area contributed by atoms with E-state index in [4.69, 9.17) is 4.74 Å². The summed E-state index contributed by atoms with van der Waals surface area (Å²) in [6, 6.07) is 6.12. The van der Waals surface area contributed by atoms with Crippen LogP contribution in [0.15, 0.2) is 18.2 Å². The normalized spacial score (nSPS) is 21.8. The molecule has 1 aliphatic rings. The van der Waals surface area contributed by atoms with Gasteiger partial charge in [-0.1, -0.05) is 38.0 Å². The molecule has 1 N–H and O–H groups in total. The molecule has 1 amide bonds. The number of carbonyl (C=O) groups excluding carboxylic acids is 2. The third-order valence-corrected chi connectivity index (χ3v) is 5.04. The van der Waals surface area contributed by atoms with E-state index < -0.39 is 6.10 Å². The van der Waals surface area contributed by atoms with Gasteiger partial charge in [-0.2, -0.15) is 0 Å². The Balaban J connectivity index is 1.83. The predicted octanol–water partition coefficient (Wildman–Crippen LogP) is 3.47. The van der Waals surface area contributed by atoms with Gasteiger partial charge in [-0.3, -0.25) is 9.59 Å². The van der Waals surface area contributed by atoms with Crippen molar-refractivity contribution in [1.82, 2.24) is 5.32 Å². The van der Waals surface area contributed by atoms with Crippen LogP contribution in [0, 0.1) is 19.8 Å². The van der Waals surface area contributed by atoms with Crippen LogP contribution in [0.5, 0.6) is 0 Å². The zero-order chi connectivity index (χ0) is 17.7. The lowest BCUT2D eigenvalue weighted by Gasteiger charge is -2.30. The highest BCUT2D eigenvalue weighted by Crippen LogP contribution is 2.23. The number of ether oxygens (including phenoxy) is 1. The lowest BCUT2D eigenvalue weighted by molar-refractivity contribution is -0.154. The van der Waals surface area contributed by atoms with Gasteiger partial charge in [-0.25, -0.2) is 0 Å². The van der Waals surface area contributed by atoms with Gasteiger partial charge in [0.15, 0.2) is 6.10 Å². The second kappa shape index (κ2) is 8.32. The Morgan fingerprint density at radius 3 is 2.58 bits per heavy atom. The molecule has 3 atom stereocenters. The van der Waals surface area contributed by atoms with Gasteiger partial charge in [0, 0.05) is 6.04 Å². The van der Waals surface area contributed by atoms with E-state index >= 15 is 0 Å². The van der Waals surface area contributed by atoms with Crippen LogP contribution in [0.2, 0.25) is 0 Å². The van der Waals surface area contributed by atoms with Crippen molar-refractivity contribution in [3.05, 3.63) is 34.9 Å². The first kappa shape index (κ1) is 18.5. The highest BCUT2D eigenvalue weighted by molar-refractivity contribution is 5.84. The molecule has 0 saturated heterocycles. The zero-order valence-corrected chi connectivity index (χ0v) is 15.2. The maximum absolute atomic E-state index is 12.3. The lowest BCUT2D eigenvalue weighted by Crippen LogP contribution is -2.46. The molecule has 1 aliphatic carbocycles.